The van der Waals surface area contributed by atoms with E-state index in [9.17, 15) is 9.59 Å². The van der Waals surface area contributed by atoms with E-state index in [1.807, 2.05) is 0 Å². The van der Waals surface area contributed by atoms with Gasteiger partial charge in [0.05, 0.1) is 6.61 Å². The molecule has 0 saturated heterocycles. The molecule has 1 atom stereocenters. The van der Waals surface area contributed by atoms with Gasteiger partial charge in [0.25, 0.3) is 0 Å². The maximum Gasteiger partial charge on any atom is 0.306 e. The van der Waals surface area contributed by atoms with E-state index in [2.05, 4.69) is 20.8 Å². The first-order chi connectivity index (χ1) is 29.6. The van der Waals surface area contributed by atoms with Crippen LogP contribution < -0.4 is 0 Å². The third-order valence-electron chi connectivity index (χ3n) is 12.6. The van der Waals surface area contributed by atoms with Gasteiger partial charge in [0.15, 0.2) is 6.10 Å². The van der Waals surface area contributed by atoms with E-state index in [0.29, 0.717) is 26.1 Å². The Balaban J connectivity index is 4.16. The molecule has 0 aromatic carbocycles. The summed E-state index contributed by atoms with van der Waals surface area (Å²) in [5, 5.41) is 0. The van der Waals surface area contributed by atoms with Crippen LogP contribution in [0.15, 0.2) is 0 Å². The predicted molar refractivity (Wildman–Crippen MR) is 261 cm³/mol. The zero-order valence-electron chi connectivity index (χ0n) is 41.3. The quantitative estimate of drug-likeness (QED) is 0.0451. The largest absolute Gasteiger partial charge is 0.462 e. The van der Waals surface area contributed by atoms with Crippen molar-refractivity contribution in [2.45, 2.75) is 322 Å². The summed E-state index contributed by atoms with van der Waals surface area (Å²) in [5.74, 6) is -0.368. The fourth-order valence-electron chi connectivity index (χ4n) is 8.51. The molecule has 0 radical (unpaired) electrons. The molecule has 0 aromatic heterocycles. The number of esters is 2. The maximum absolute atomic E-state index is 12.8. The third-order valence-corrected chi connectivity index (χ3v) is 12.6. The van der Waals surface area contributed by atoms with Gasteiger partial charge >= 0.3 is 11.9 Å². The normalized spacial score (nSPS) is 12.0. The number of rotatable bonds is 52. The van der Waals surface area contributed by atoms with Crippen molar-refractivity contribution in [1.29, 1.82) is 0 Å². The topological polar surface area (TPSA) is 61.8 Å². The van der Waals surface area contributed by atoms with Crippen LogP contribution in [-0.2, 0) is 23.8 Å². The van der Waals surface area contributed by atoms with Gasteiger partial charge in [-0.1, -0.05) is 284 Å². The van der Waals surface area contributed by atoms with Crippen molar-refractivity contribution in [3.05, 3.63) is 0 Å². The average Bonchev–Trinajstić information content (AvgIpc) is 3.25. The molecule has 0 aliphatic heterocycles. The lowest BCUT2D eigenvalue weighted by atomic mass is 10.0. The molecule has 0 N–H and O–H groups in total. The van der Waals surface area contributed by atoms with Gasteiger partial charge in [0.2, 0.25) is 0 Å². The molecular formula is C55H108O5. The van der Waals surface area contributed by atoms with E-state index >= 15 is 0 Å². The zero-order valence-corrected chi connectivity index (χ0v) is 41.3. The molecule has 0 spiro atoms. The SMILES string of the molecule is CCCCCCCCCCCCCCCCCCCC(=O)OCC(COCCCCCCCCCCCCCCCC)OC(=O)CCCCCCCCCCCCCCC. The van der Waals surface area contributed by atoms with Gasteiger partial charge in [-0.15, -0.1) is 0 Å². The van der Waals surface area contributed by atoms with Gasteiger partial charge in [0, 0.05) is 19.4 Å². The standard InChI is InChI=1S/C55H108O5/c1-4-7-10-13-16-19-22-25-27-28-29-31-33-36-39-42-45-48-54(56)59-52-53(51-58-50-47-44-41-38-35-32-26-23-20-17-14-11-8-5-2)60-55(57)49-46-43-40-37-34-30-24-21-18-15-12-9-6-3/h53H,4-52H2,1-3H3. The summed E-state index contributed by atoms with van der Waals surface area (Å²) in [6.45, 7) is 7.91. The summed E-state index contributed by atoms with van der Waals surface area (Å²) < 4.78 is 17.5. The van der Waals surface area contributed by atoms with Crippen molar-refractivity contribution >= 4 is 11.9 Å². The van der Waals surface area contributed by atoms with Crippen molar-refractivity contribution < 1.29 is 23.8 Å². The molecule has 0 aliphatic carbocycles. The fraction of sp³-hybridized carbons (Fsp3) is 0.964. The highest BCUT2D eigenvalue weighted by Crippen LogP contribution is 2.17. The van der Waals surface area contributed by atoms with Crippen molar-refractivity contribution in [2.75, 3.05) is 19.8 Å². The molecule has 5 nitrogen and oxygen atoms in total. The fourth-order valence-corrected chi connectivity index (χ4v) is 8.51. The molecule has 5 heteroatoms. The average molecular weight is 849 g/mol. The Kier molecular flexibility index (Phi) is 51.3. The summed E-state index contributed by atoms with van der Waals surface area (Å²) in [6.07, 6.45) is 58.2. The second-order valence-corrected chi connectivity index (χ2v) is 18.9. The van der Waals surface area contributed by atoms with E-state index in [0.717, 1.165) is 32.1 Å². The zero-order chi connectivity index (χ0) is 43.5. The summed E-state index contributed by atoms with van der Waals surface area (Å²) in [6, 6.07) is 0. The molecule has 0 amide bonds. The van der Waals surface area contributed by atoms with Crippen molar-refractivity contribution in [1.82, 2.24) is 0 Å². The van der Waals surface area contributed by atoms with E-state index < -0.39 is 6.10 Å². The Labute approximate surface area is 376 Å². The first-order valence-corrected chi connectivity index (χ1v) is 27.6. The Morgan fingerprint density at radius 1 is 0.300 bits per heavy atom. The maximum atomic E-state index is 12.8. The van der Waals surface area contributed by atoms with Gasteiger partial charge in [-0.25, -0.2) is 0 Å². The van der Waals surface area contributed by atoms with Crippen molar-refractivity contribution in [3.63, 3.8) is 0 Å². The summed E-state index contributed by atoms with van der Waals surface area (Å²) >= 11 is 0. The second kappa shape index (κ2) is 52.2. The first-order valence-electron chi connectivity index (χ1n) is 27.6. The van der Waals surface area contributed by atoms with E-state index in [-0.39, 0.29) is 18.5 Å². The highest BCUT2D eigenvalue weighted by Gasteiger charge is 2.17. The lowest BCUT2D eigenvalue weighted by molar-refractivity contribution is -0.163. The highest BCUT2D eigenvalue weighted by atomic mass is 16.6. The van der Waals surface area contributed by atoms with Crippen molar-refractivity contribution in [2.24, 2.45) is 0 Å². The number of carbonyl (C=O) groups is 2. The number of carbonyl (C=O) groups excluding carboxylic acids is 2. The third kappa shape index (κ3) is 49.6. The van der Waals surface area contributed by atoms with Crippen molar-refractivity contribution in [3.8, 4) is 0 Å². The molecule has 1 unspecified atom stereocenters. The molecule has 0 rings (SSSR count). The molecule has 0 heterocycles. The Bertz CT molecular complexity index is 830. The minimum absolute atomic E-state index is 0.0981. The van der Waals surface area contributed by atoms with Crippen LogP contribution in [0, 0.1) is 0 Å². The molecule has 60 heavy (non-hydrogen) atoms. The number of ether oxygens (including phenoxy) is 3. The monoisotopic (exact) mass is 849 g/mol. The number of hydrogen-bond donors (Lipinski definition) is 0. The molecule has 0 fully saturated rings. The Morgan fingerprint density at radius 2 is 0.550 bits per heavy atom. The molecule has 0 bridgehead atoms. The highest BCUT2D eigenvalue weighted by molar-refractivity contribution is 5.70. The summed E-state index contributed by atoms with van der Waals surface area (Å²) in [5.41, 5.74) is 0. The molecule has 0 aliphatic rings. The lowest BCUT2D eigenvalue weighted by Crippen LogP contribution is -2.30. The first kappa shape index (κ1) is 58.9. The van der Waals surface area contributed by atoms with Gasteiger partial charge in [0.1, 0.15) is 6.61 Å². The van der Waals surface area contributed by atoms with Crippen LogP contribution in [0.3, 0.4) is 0 Å². The van der Waals surface area contributed by atoms with Crippen LogP contribution in [0.25, 0.3) is 0 Å². The Morgan fingerprint density at radius 3 is 0.850 bits per heavy atom. The molecule has 0 aromatic rings. The van der Waals surface area contributed by atoms with E-state index in [1.165, 1.54) is 250 Å². The van der Waals surface area contributed by atoms with Crippen LogP contribution in [-0.4, -0.2) is 37.9 Å². The van der Waals surface area contributed by atoms with Crippen LogP contribution in [0.5, 0.6) is 0 Å². The van der Waals surface area contributed by atoms with E-state index in [4.69, 9.17) is 14.2 Å². The van der Waals surface area contributed by atoms with Gasteiger partial charge in [-0.3, -0.25) is 9.59 Å². The van der Waals surface area contributed by atoms with Crippen LogP contribution in [0.4, 0.5) is 0 Å². The summed E-state index contributed by atoms with van der Waals surface area (Å²) in [4.78, 5) is 25.4. The Hall–Kier alpha value is -1.10. The van der Waals surface area contributed by atoms with Gasteiger partial charge < -0.3 is 14.2 Å². The smallest absolute Gasteiger partial charge is 0.306 e. The van der Waals surface area contributed by atoms with Crippen LogP contribution >= 0.6 is 0 Å². The summed E-state index contributed by atoms with van der Waals surface area (Å²) in [7, 11) is 0. The lowest BCUT2D eigenvalue weighted by Gasteiger charge is -2.18. The number of hydrogen-bond acceptors (Lipinski definition) is 5. The molecule has 0 saturated carbocycles. The minimum Gasteiger partial charge on any atom is -0.462 e. The van der Waals surface area contributed by atoms with Crippen LogP contribution in [0.2, 0.25) is 0 Å². The molecular weight excluding hydrogens is 741 g/mol. The van der Waals surface area contributed by atoms with Crippen LogP contribution in [0.1, 0.15) is 316 Å². The minimum atomic E-state index is -0.523. The van der Waals surface area contributed by atoms with E-state index in [1.54, 1.807) is 0 Å². The predicted octanol–water partition coefficient (Wildman–Crippen LogP) is 18.5. The van der Waals surface area contributed by atoms with Gasteiger partial charge in [-0.05, 0) is 19.3 Å². The van der Waals surface area contributed by atoms with Gasteiger partial charge in [-0.2, -0.15) is 0 Å². The number of unbranched alkanes of at least 4 members (excludes halogenated alkanes) is 41. The second-order valence-electron chi connectivity index (χ2n) is 18.9. The molecule has 358 valence electrons.